The van der Waals surface area contributed by atoms with Crippen LogP contribution in [-0.4, -0.2) is 127 Å². The molecule has 4 saturated heterocycles. The zero-order chi connectivity index (χ0) is 34.1. The second-order valence-corrected chi connectivity index (χ2v) is 13.0. The molecule has 12 heteroatoms. The third-order valence-corrected chi connectivity index (χ3v) is 10.1. The highest BCUT2D eigenvalue weighted by atomic mass is 16.5. The van der Waals surface area contributed by atoms with E-state index in [1.807, 2.05) is 30.3 Å². The Morgan fingerprint density at radius 1 is 1.12 bits per heavy atom. The molecule has 3 amide bonds. The fourth-order valence-corrected chi connectivity index (χ4v) is 7.72. The molecular formula is C36H50N4O8. The summed E-state index contributed by atoms with van der Waals surface area (Å²) in [4.78, 5) is 61.1. The quantitative estimate of drug-likeness (QED) is 0.137. The Hall–Kier alpha value is -3.58. The number of ether oxygens (including phenoxy) is 3. The number of amides is 3. The second-order valence-electron chi connectivity index (χ2n) is 13.0. The standard InChI is InChI=1S/C36H50N4O8/c1-3-5-13-29(42)47-25-27(26-11-7-6-8-12-26)37-33(43)30-28-14-15-36(48-28)31(30)34(44)40(17-9-10-22-41)32(36)35(45)39(16-4-2)19-18-38-20-23-46-24-21-38/h3-4,6-8,11-12,27-28,30-32,41H,1-2,5,9-10,13-25H2,(H,37,43)/t27-,28+,30-,31-,32+,36-/m1/s1. The van der Waals surface area contributed by atoms with Crippen LogP contribution in [0.5, 0.6) is 0 Å². The lowest BCUT2D eigenvalue weighted by atomic mass is 9.70. The zero-order valence-corrected chi connectivity index (χ0v) is 27.8. The summed E-state index contributed by atoms with van der Waals surface area (Å²) in [5.74, 6) is -2.89. The minimum absolute atomic E-state index is 0.0278. The molecule has 0 saturated carbocycles. The lowest BCUT2D eigenvalue weighted by Gasteiger charge is -2.37. The van der Waals surface area contributed by atoms with E-state index in [1.165, 1.54) is 0 Å². The number of likely N-dealkylation sites (tertiary alicyclic amines) is 1. The monoisotopic (exact) mass is 666 g/mol. The molecule has 4 fully saturated rings. The van der Waals surface area contributed by atoms with Crippen LogP contribution in [0.3, 0.4) is 0 Å². The number of hydrogen-bond acceptors (Lipinski definition) is 9. The van der Waals surface area contributed by atoms with Gasteiger partial charge in [-0.25, -0.2) is 0 Å². The van der Waals surface area contributed by atoms with Crippen molar-refractivity contribution in [3.8, 4) is 0 Å². The van der Waals surface area contributed by atoms with Crippen molar-refractivity contribution in [3.63, 3.8) is 0 Å². The summed E-state index contributed by atoms with van der Waals surface area (Å²) < 4.78 is 17.7. The fourth-order valence-electron chi connectivity index (χ4n) is 7.72. The van der Waals surface area contributed by atoms with E-state index < -0.39 is 41.6 Å². The number of aliphatic hydroxyl groups excluding tert-OH is 1. The summed E-state index contributed by atoms with van der Waals surface area (Å²) in [7, 11) is 0. The number of morpholine rings is 1. The Kier molecular flexibility index (Phi) is 12.4. The average Bonchev–Trinajstić information content (AvgIpc) is 3.75. The first kappa shape index (κ1) is 35.7. The third-order valence-electron chi connectivity index (χ3n) is 10.1. The Labute approximate surface area is 283 Å². The Morgan fingerprint density at radius 3 is 2.60 bits per heavy atom. The third kappa shape index (κ3) is 7.67. The first-order valence-corrected chi connectivity index (χ1v) is 17.3. The van der Waals surface area contributed by atoms with Gasteiger partial charge in [0.25, 0.3) is 0 Å². The van der Waals surface area contributed by atoms with Crippen LogP contribution in [-0.2, 0) is 33.4 Å². The van der Waals surface area contributed by atoms with Gasteiger partial charge in [0, 0.05) is 52.3 Å². The van der Waals surface area contributed by atoms with Crippen molar-refractivity contribution in [2.45, 2.75) is 62.3 Å². The molecular weight excluding hydrogens is 616 g/mol. The number of allylic oxidation sites excluding steroid dienone is 1. The van der Waals surface area contributed by atoms with Gasteiger partial charge in [0.05, 0.1) is 37.2 Å². The molecule has 48 heavy (non-hydrogen) atoms. The van der Waals surface area contributed by atoms with Crippen LogP contribution in [0, 0.1) is 11.8 Å². The van der Waals surface area contributed by atoms with E-state index in [-0.39, 0.29) is 43.9 Å². The van der Waals surface area contributed by atoms with Gasteiger partial charge in [-0.1, -0.05) is 42.5 Å². The van der Waals surface area contributed by atoms with Crippen LogP contribution in [0.4, 0.5) is 0 Å². The SMILES string of the molecule is C=CCCC(=O)OC[C@@H](NC(=O)[C@@H]1[C@@H]2CC[C@]3(O2)[C@H](C(=O)N(CC=C)CCN2CCOCC2)N(CCCCO)C(=O)[C@@H]13)c1ccccc1. The molecule has 12 nitrogen and oxygen atoms in total. The van der Waals surface area contributed by atoms with Crippen LogP contribution >= 0.6 is 0 Å². The number of carbonyl (C=O) groups excluding carboxylic acids is 4. The number of hydrogen-bond donors (Lipinski definition) is 2. The van der Waals surface area contributed by atoms with E-state index in [1.54, 1.807) is 22.0 Å². The highest BCUT2D eigenvalue weighted by Crippen LogP contribution is 2.58. The first-order chi connectivity index (χ1) is 23.3. The molecule has 2 bridgehead atoms. The van der Waals surface area contributed by atoms with Gasteiger partial charge in [-0.3, -0.25) is 24.1 Å². The zero-order valence-electron chi connectivity index (χ0n) is 27.8. The van der Waals surface area contributed by atoms with Gasteiger partial charge >= 0.3 is 5.97 Å². The molecule has 5 rings (SSSR count). The molecule has 4 heterocycles. The summed E-state index contributed by atoms with van der Waals surface area (Å²) >= 11 is 0. The normalized spacial score (nSPS) is 26.9. The highest BCUT2D eigenvalue weighted by molar-refractivity contribution is 5.99. The number of nitrogens with one attached hydrogen (secondary N) is 1. The van der Waals surface area contributed by atoms with Crippen molar-refractivity contribution in [1.82, 2.24) is 20.0 Å². The van der Waals surface area contributed by atoms with Gasteiger partial charge in [-0.15, -0.1) is 13.2 Å². The molecule has 0 aromatic heterocycles. The summed E-state index contributed by atoms with van der Waals surface area (Å²) in [5.41, 5.74) is -0.379. The molecule has 1 aromatic rings. The molecule has 2 N–H and O–H groups in total. The lowest BCUT2D eigenvalue weighted by Crippen LogP contribution is -2.57. The lowest BCUT2D eigenvalue weighted by molar-refractivity contribution is -0.148. The smallest absolute Gasteiger partial charge is 0.306 e. The van der Waals surface area contributed by atoms with Gasteiger partial charge in [0.1, 0.15) is 18.2 Å². The predicted molar refractivity (Wildman–Crippen MR) is 177 cm³/mol. The maximum Gasteiger partial charge on any atom is 0.306 e. The van der Waals surface area contributed by atoms with Gasteiger partial charge < -0.3 is 34.4 Å². The largest absolute Gasteiger partial charge is 0.463 e. The number of fused-ring (bicyclic) bond motifs is 1. The predicted octanol–water partition coefficient (Wildman–Crippen LogP) is 1.85. The second kappa shape index (κ2) is 16.7. The molecule has 6 atom stereocenters. The van der Waals surface area contributed by atoms with Crippen molar-refractivity contribution in [3.05, 3.63) is 61.2 Å². The molecule has 1 aromatic carbocycles. The van der Waals surface area contributed by atoms with Crippen LogP contribution in [0.15, 0.2) is 55.6 Å². The highest BCUT2D eigenvalue weighted by Gasteiger charge is 2.74. The Morgan fingerprint density at radius 2 is 1.90 bits per heavy atom. The molecule has 0 unspecified atom stereocenters. The van der Waals surface area contributed by atoms with Gasteiger partial charge in [-0.05, 0) is 37.7 Å². The van der Waals surface area contributed by atoms with Crippen molar-refractivity contribution in [2.24, 2.45) is 11.8 Å². The molecule has 4 aliphatic rings. The van der Waals surface area contributed by atoms with Crippen LogP contribution in [0.2, 0.25) is 0 Å². The maximum absolute atomic E-state index is 14.5. The number of carbonyl (C=O) groups is 4. The topological polar surface area (TPSA) is 138 Å². The van der Waals surface area contributed by atoms with Crippen molar-refractivity contribution in [2.75, 3.05) is 65.7 Å². The summed E-state index contributed by atoms with van der Waals surface area (Å²) in [6.07, 6.45) is 5.50. The van der Waals surface area contributed by atoms with E-state index in [9.17, 15) is 24.3 Å². The average molecular weight is 667 g/mol. The number of aliphatic hydroxyl groups is 1. The number of nitrogens with zero attached hydrogens (tertiary/aromatic N) is 3. The van der Waals surface area contributed by atoms with Crippen molar-refractivity contribution in [1.29, 1.82) is 0 Å². The van der Waals surface area contributed by atoms with Crippen LogP contribution < -0.4 is 5.32 Å². The molecule has 262 valence electrons. The minimum atomic E-state index is -1.14. The summed E-state index contributed by atoms with van der Waals surface area (Å²) in [6, 6.07) is 7.73. The Bertz CT molecular complexity index is 1300. The van der Waals surface area contributed by atoms with E-state index in [0.717, 1.165) is 18.7 Å². The maximum atomic E-state index is 14.5. The van der Waals surface area contributed by atoms with E-state index in [2.05, 4.69) is 23.4 Å². The summed E-state index contributed by atoms with van der Waals surface area (Å²) in [6.45, 7) is 12.0. The number of rotatable bonds is 18. The van der Waals surface area contributed by atoms with E-state index >= 15 is 0 Å². The van der Waals surface area contributed by atoms with Gasteiger partial charge in [0.15, 0.2) is 0 Å². The molecule has 0 aliphatic carbocycles. The molecule has 4 aliphatic heterocycles. The first-order valence-electron chi connectivity index (χ1n) is 17.3. The van der Waals surface area contributed by atoms with Crippen LogP contribution in [0.1, 0.15) is 50.1 Å². The minimum Gasteiger partial charge on any atom is -0.463 e. The van der Waals surface area contributed by atoms with E-state index in [0.29, 0.717) is 65.0 Å². The van der Waals surface area contributed by atoms with Gasteiger partial charge in [0.2, 0.25) is 17.7 Å². The Balaban J connectivity index is 1.38. The molecule has 1 spiro atoms. The fraction of sp³-hybridized carbons (Fsp3) is 0.611. The van der Waals surface area contributed by atoms with E-state index in [4.69, 9.17) is 14.2 Å². The van der Waals surface area contributed by atoms with Gasteiger partial charge in [-0.2, -0.15) is 0 Å². The van der Waals surface area contributed by atoms with Crippen molar-refractivity contribution < 1.29 is 38.5 Å². The van der Waals surface area contributed by atoms with Crippen LogP contribution in [0.25, 0.3) is 0 Å². The van der Waals surface area contributed by atoms with Crippen molar-refractivity contribution >= 4 is 23.7 Å². The number of esters is 1. The molecule has 0 radical (unpaired) electrons. The summed E-state index contributed by atoms with van der Waals surface area (Å²) in [5, 5.41) is 12.6. The number of benzene rings is 1. The number of unbranched alkanes of at least 4 members (excludes halogenated alkanes) is 1.